The van der Waals surface area contributed by atoms with Gasteiger partial charge in [-0.2, -0.15) is 0 Å². The fourth-order valence-corrected chi connectivity index (χ4v) is 3.56. The third-order valence-corrected chi connectivity index (χ3v) is 5.03. The predicted molar refractivity (Wildman–Crippen MR) is 98.5 cm³/mol. The van der Waals surface area contributed by atoms with Crippen LogP contribution in [0.2, 0.25) is 0 Å². The van der Waals surface area contributed by atoms with Crippen LogP contribution < -0.4 is 14.8 Å². The van der Waals surface area contributed by atoms with Crippen molar-refractivity contribution in [3.63, 3.8) is 0 Å². The number of hydrogen-bond acceptors (Lipinski definition) is 7. The number of amides is 3. The SMILES string of the molecule is COC(=O)c1cc(CN2C(=O)N[C@@](C)(Cc3ccc4c(c3)OCO4)C2=O)oc1C. The molecule has 0 saturated carbocycles. The molecule has 3 amide bonds. The van der Waals surface area contributed by atoms with Gasteiger partial charge in [-0.15, -0.1) is 0 Å². The number of carbonyl (C=O) groups excluding carboxylic acids is 3. The average molecular weight is 400 g/mol. The van der Waals surface area contributed by atoms with Crippen molar-refractivity contribution in [2.45, 2.75) is 32.4 Å². The van der Waals surface area contributed by atoms with Crippen LogP contribution in [0.3, 0.4) is 0 Å². The Hall–Kier alpha value is -3.49. The molecule has 0 radical (unpaired) electrons. The highest BCUT2D eigenvalue weighted by atomic mass is 16.7. The summed E-state index contributed by atoms with van der Waals surface area (Å²) in [6.45, 7) is 3.37. The fraction of sp³-hybridized carbons (Fsp3) is 0.350. The molecule has 2 aliphatic heterocycles. The van der Waals surface area contributed by atoms with Gasteiger partial charge in [0.1, 0.15) is 22.6 Å². The van der Waals surface area contributed by atoms with Gasteiger partial charge in [0, 0.05) is 6.42 Å². The van der Waals surface area contributed by atoms with Crippen LogP contribution >= 0.6 is 0 Å². The number of imide groups is 1. The molecule has 0 unspecified atom stereocenters. The Morgan fingerprint density at radius 2 is 2.00 bits per heavy atom. The van der Waals surface area contributed by atoms with Gasteiger partial charge in [0.05, 0.1) is 13.7 Å². The number of furan rings is 1. The largest absolute Gasteiger partial charge is 0.465 e. The van der Waals surface area contributed by atoms with Crippen LogP contribution in [0.4, 0.5) is 4.79 Å². The van der Waals surface area contributed by atoms with Gasteiger partial charge in [-0.1, -0.05) is 6.07 Å². The monoisotopic (exact) mass is 400 g/mol. The topological polar surface area (TPSA) is 107 Å². The van der Waals surface area contributed by atoms with Crippen LogP contribution in [0.25, 0.3) is 0 Å². The molecule has 0 aliphatic carbocycles. The van der Waals surface area contributed by atoms with Gasteiger partial charge in [-0.25, -0.2) is 9.59 Å². The number of urea groups is 1. The van der Waals surface area contributed by atoms with Crippen LogP contribution in [-0.4, -0.2) is 42.2 Å². The molecule has 1 N–H and O–H groups in total. The van der Waals surface area contributed by atoms with Crippen LogP contribution in [0.1, 0.15) is 34.4 Å². The van der Waals surface area contributed by atoms with Crippen molar-refractivity contribution in [1.29, 1.82) is 0 Å². The van der Waals surface area contributed by atoms with Crippen molar-refractivity contribution in [3.8, 4) is 11.5 Å². The molecule has 1 aromatic carbocycles. The highest BCUT2D eigenvalue weighted by Gasteiger charge is 2.48. The third-order valence-electron chi connectivity index (χ3n) is 5.03. The maximum absolute atomic E-state index is 13.0. The first-order chi connectivity index (χ1) is 13.8. The minimum Gasteiger partial charge on any atom is -0.465 e. The van der Waals surface area contributed by atoms with E-state index in [1.165, 1.54) is 13.2 Å². The summed E-state index contributed by atoms with van der Waals surface area (Å²) in [5.41, 5.74) is -0.0239. The normalized spacial score (nSPS) is 20.2. The van der Waals surface area contributed by atoms with Crippen molar-refractivity contribution in [2.75, 3.05) is 13.9 Å². The number of benzene rings is 1. The maximum Gasteiger partial charge on any atom is 0.341 e. The molecule has 3 heterocycles. The van der Waals surface area contributed by atoms with Crippen LogP contribution in [0.15, 0.2) is 28.7 Å². The average Bonchev–Trinajstić information content (AvgIpc) is 3.34. The first-order valence-corrected chi connectivity index (χ1v) is 9.01. The third kappa shape index (κ3) is 3.28. The molecule has 0 spiro atoms. The van der Waals surface area contributed by atoms with Crippen molar-refractivity contribution >= 4 is 17.9 Å². The van der Waals surface area contributed by atoms with E-state index in [1.54, 1.807) is 26.0 Å². The number of esters is 1. The van der Waals surface area contributed by atoms with E-state index in [0.717, 1.165) is 10.5 Å². The summed E-state index contributed by atoms with van der Waals surface area (Å²) in [5, 5.41) is 2.75. The van der Waals surface area contributed by atoms with E-state index >= 15 is 0 Å². The lowest BCUT2D eigenvalue weighted by atomic mass is 9.92. The molecule has 29 heavy (non-hydrogen) atoms. The number of ether oxygens (including phenoxy) is 3. The van der Waals surface area contributed by atoms with E-state index in [0.29, 0.717) is 23.0 Å². The zero-order valence-electron chi connectivity index (χ0n) is 16.2. The van der Waals surface area contributed by atoms with Crippen LogP contribution in [0.5, 0.6) is 11.5 Å². The lowest BCUT2D eigenvalue weighted by molar-refractivity contribution is -0.131. The number of nitrogens with one attached hydrogen (secondary N) is 1. The lowest BCUT2D eigenvalue weighted by Gasteiger charge is -2.21. The predicted octanol–water partition coefficient (Wildman–Crippen LogP) is 2.16. The summed E-state index contributed by atoms with van der Waals surface area (Å²) < 4.78 is 20.9. The second-order valence-electron chi connectivity index (χ2n) is 7.19. The number of carbonyl (C=O) groups is 3. The summed E-state index contributed by atoms with van der Waals surface area (Å²) in [6, 6.07) is 6.37. The Morgan fingerprint density at radius 3 is 2.76 bits per heavy atom. The zero-order chi connectivity index (χ0) is 20.8. The standard InChI is InChI=1S/C20H20N2O7/c1-11-14(17(23)26-3)7-13(29-11)9-22-18(24)20(2,21-19(22)25)8-12-4-5-15-16(6-12)28-10-27-15/h4-7H,8-10H2,1-3H3,(H,21,25)/t20-/m0/s1. The Morgan fingerprint density at radius 1 is 1.24 bits per heavy atom. The van der Waals surface area contributed by atoms with Crippen molar-refractivity contribution in [2.24, 2.45) is 0 Å². The molecule has 1 saturated heterocycles. The van der Waals surface area contributed by atoms with Gasteiger partial charge in [0.15, 0.2) is 11.5 Å². The number of aryl methyl sites for hydroxylation is 1. The van der Waals surface area contributed by atoms with Crippen molar-refractivity contribution in [1.82, 2.24) is 10.2 Å². The Bertz CT molecular complexity index is 1010. The fourth-order valence-electron chi connectivity index (χ4n) is 3.56. The second kappa shape index (κ2) is 6.84. The first-order valence-electron chi connectivity index (χ1n) is 9.01. The molecular weight excluding hydrogens is 380 g/mol. The van der Waals surface area contributed by atoms with E-state index in [4.69, 9.17) is 18.6 Å². The Kier molecular flexibility index (Phi) is 4.45. The van der Waals surface area contributed by atoms with Gasteiger partial charge in [-0.05, 0) is 37.6 Å². The summed E-state index contributed by atoms with van der Waals surface area (Å²) in [4.78, 5) is 38.3. The zero-order valence-corrected chi connectivity index (χ0v) is 16.2. The molecule has 2 aromatic rings. The van der Waals surface area contributed by atoms with Gasteiger partial charge in [-0.3, -0.25) is 9.69 Å². The van der Waals surface area contributed by atoms with Crippen molar-refractivity contribution in [3.05, 3.63) is 46.9 Å². The minimum absolute atomic E-state index is 0.0841. The van der Waals surface area contributed by atoms with Gasteiger partial charge < -0.3 is 23.9 Å². The molecule has 1 aromatic heterocycles. The lowest BCUT2D eigenvalue weighted by Crippen LogP contribution is -2.45. The maximum atomic E-state index is 13.0. The highest BCUT2D eigenvalue weighted by Crippen LogP contribution is 2.34. The molecule has 4 rings (SSSR count). The quantitative estimate of drug-likeness (QED) is 0.605. The first kappa shape index (κ1) is 18.9. The minimum atomic E-state index is -1.11. The second-order valence-corrected chi connectivity index (χ2v) is 7.19. The summed E-state index contributed by atoms with van der Waals surface area (Å²) in [5.74, 6) is 1.02. The van der Waals surface area contributed by atoms with E-state index in [-0.39, 0.29) is 31.2 Å². The molecule has 9 nitrogen and oxygen atoms in total. The number of hydrogen-bond donors (Lipinski definition) is 1. The number of rotatable bonds is 5. The van der Waals surface area contributed by atoms with Gasteiger partial charge in [0.2, 0.25) is 6.79 Å². The molecule has 1 atom stereocenters. The van der Waals surface area contributed by atoms with E-state index in [9.17, 15) is 14.4 Å². The molecule has 9 heteroatoms. The molecule has 2 aliphatic rings. The molecule has 0 bridgehead atoms. The van der Waals surface area contributed by atoms with Gasteiger partial charge >= 0.3 is 12.0 Å². The van der Waals surface area contributed by atoms with E-state index < -0.39 is 17.5 Å². The van der Waals surface area contributed by atoms with Crippen LogP contribution in [-0.2, 0) is 22.5 Å². The smallest absolute Gasteiger partial charge is 0.341 e. The molecule has 1 fully saturated rings. The summed E-state index contributed by atoms with van der Waals surface area (Å²) in [7, 11) is 1.27. The van der Waals surface area contributed by atoms with E-state index in [2.05, 4.69) is 5.32 Å². The van der Waals surface area contributed by atoms with E-state index in [1.807, 2.05) is 6.07 Å². The highest BCUT2D eigenvalue weighted by molar-refractivity contribution is 6.06. The summed E-state index contributed by atoms with van der Waals surface area (Å²) >= 11 is 0. The Labute approximate surface area is 166 Å². The van der Waals surface area contributed by atoms with Gasteiger partial charge in [0.25, 0.3) is 5.91 Å². The number of fused-ring (bicyclic) bond motifs is 1. The number of methoxy groups -OCH3 is 1. The Balaban J connectivity index is 1.52. The van der Waals surface area contributed by atoms with Crippen molar-refractivity contribution < 1.29 is 33.0 Å². The molecular formula is C20H20N2O7. The number of nitrogens with zero attached hydrogens (tertiary/aromatic N) is 1. The van der Waals surface area contributed by atoms with Crippen LogP contribution in [0, 0.1) is 6.92 Å². The summed E-state index contributed by atoms with van der Waals surface area (Å²) in [6.07, 6.45) is 0.287. The molecule has 152 valence electrons.